The number of aromatic nitrogens is 10. The number of carbonyl (C=O) groups is 6. The van der Waals surface area contributed by atoms with Gasteiger partial charge in [-0.1, -0.05) is 60.7 Å². The van der Waals surface area contributed by atoms with E-state index in [9.17, 15) is 28.8 Å². The van der Waals surface area contributed by atoms with Crippen LogP contribution >= 0.6 is 0 Å². The quantitative estimate of drug-likeness (QED) is 0.0676. The topological polar surface area (TPSA) is 247 Å². The number of nitrogens with one attached hydrogen (secondary N) is 2. The molecule has 8 heterocycles. The summed E-state index contributed by atoms with van der Waals surface area (Å²) < 4.78 is 7.33. The van der Waals surface area contributed by atoms with E-state index < -0.39 is 11.9 Å². The molecule has 0 radical (unpaired) electrons. The highest BCUT2D eigenvalue weighted by molar-refractivity contribution is 6.09. The Morgan fingerprint density at radius 2 is 0.938 bits per heavy atom. The Labute approximate surface area is 461 Å². The molecule has 0 unspecified atom stereocenters. The molecule has 2 aliphatic heterocycles. The van der Waals surface area contributed by atoms with E-state index in [2.05, 4.69) is 54.4 Å². The highest BCUT2D eigenvalue weighted by atomic mass is 16.7. The number of unbranched alkanes of at least 4 members (excludes halogenated alkanes) is 4. The fraction of sp³-hybridized carbons (Fsp3) is 0.310. The number of benzene rings is 2. The summed E-state index contributed by atoms with van der Waals surface area (Å²) in [4.78, 5) is 92.5. The highest BCUT2D eigenvalue weighted by Gasteiger charge is 2.29. The molecule has 80 heavy (non-hydrogen) atoms. The second-order valence-corrected chi connectivity index (χ2v) is 19.8. The zero-order valence-electron chi connectivity index (χ0n) is 45.2. The van der Waals surface area contributed by atoms with Crippen molar-refractivity contribution in [3.63, 3.8) is 0 Å². The Bertz CT molecular complexity index is 3610. The van der Waals surface area contributed by atoms with Crippen LogP contribution in [0.4, 0.5) is 11.4 Å². The molecule has 0 atom stereocenters. The SMILES string of the molecule is C=C1CCC(=O)N1OC(=O)CCCCCCn1cc(-c2ccc(NC(=O)c3ccn4c(C)cc(C)nc34)cc2)nn1.C=C1CCC(=O)N1OC(=O)CCCCn1cc(-c2ccc(NC(=O)c3ccn4c(C)cc(C)nc34)cc2)nn1. The van der Waals surface area contributed by atoms with Crippen LogP contribution in [0.1, 0.15) is 121 Å². The van der Waals surface area contributed by atoms with Crippen LogP contribution in [0.2, 0.25) is 0 Å². The van der Waals surface area contributed by atoms with Crippen LogP contribution in [-0.2, 0) is 41.9 Å². The van der Waals surface area contributed by atoms with Gasteiger partial charge < -0.3 is 29.1 Å². The van der Waals surface area contributed by atoms with Gasteiger partial charge in [0.1, 0.15) is 22.7 Å². The lowest BCUT2D eigenvalue weighted by Gasteiger charge is -2.15. The van der Waals surface area contributed by atoms with Crippen molar-refractivity contribution < 1.29 is 38.4 Å². The van der Waals surface area contributed by atoms with Gasteiger partial charge in [-0.2, -0.15) is 0 Å². The standard InChI is InChI=1S/C30H33N7O4.C28H29N7O4/c1-20-18-22(3)36-17-15-25(29(36)31-20)30(40)32-24-12-10-23(11-13-24)26-19-35(34-33-26)16-7-5-4-6-8-28(39)41-37-21(2)9-14-27(37)38;1-18-16-20(3)34-15-13-23(27(34)29-18)28(38)30-22-10-8-21(9-11-22)24-17-33(32-31-24)14-5-4-6-26(37)39-35-19(2)7-12-25(35)36/h10-13,15,17-19H,2,4-9,14,16H2,1,3H3,(H,32,40);8-11,13,15-17H,2,4-7,12,14H2,1,3H3,(H,30,38). The van der Waals surface area contributed by atoms with Gasteiger partial charge in [-0.05, 0) is 115 Å². The second kappa shape index (κ2) is 24.8. The number of carbonyl (C=O) groups excluding carboxylic acids is 6. The third-order valence-corrected chi connectivity index (χ3v) is 13.5. The van der Waals surface area contributed by atoms with Crippen LogP contribution in [0.5, 0.6) is 0 Å². The summed E-state index contributed by atoms with van der Waals surface area (Å²) >= 11 is 0. The van der Waals surface area contributed by atoms with Crippen molar-refractivity contribution in [2.45, 2.75) is 118 Å². The van der Waals surface area contributed by atoms with Crippen LogP contribution in [-0.4, -0.2) is 94.5 Å². The molecule has 2 fully saturated rings. The van der Waals surface area contributed by atoms with E-state index in [0.717, 1.165) is 69.0 Å². The van der Waals surface area contributed by atoms with Crippen molar-refractivity contribution in [3.05, 3.63) is 156 Å². The minimum absolute atomic E-state index is 0.195. The molecule has 2 saturated heterocycles. The lowest BCUT2D eigenvalue weighted by molar-refractivity contribution is -0.186. The molecular formula is C58H62N14O8. The van der Waals surface area contributed by atoms with Gasteiger partial charge in [0.15, 0.2) is 0 Å². The van der Waals surface area contributed by atoms with E-state index in [0.29, 0.717) is 109 Å². The molecular weight excluding hydrogens is 1020 g/mol. The molecule has 0 spiro atoms. The first kappa shape index (κ1) is 55.2. The number of hydroxylamine groups is 4. The first-order valence-corrected chi connectivity index (χ1v) is 26.5. The molecule has 2 aromatic carbocycles. The number of hydrogen-bond acceptors (Lipinski definition) is 14. The maximum absolute atomic E-state index is 12.9. The molecule has 22 nitrogen and oxygen atoms in total. The predicted molar refractivity (Wildman–Crippen MR) is 296 cm³/mol. The van der Waals surface area contributed by atoms with Crippen LogP contribution < -0.4 is 10.6 Å². The Kier molecular flexibility index (Phi) is 17.1. The number of allylic oxidation sites excluding steroid dienone is 2. The number of hydrogen-bond donors (Lipinski definition) is 2. The Balaban J connectivity index is 0.000000194. The molecule has 0 saturated carbocycles. The highest BCUT2D eigenvalue weighted by Crippen LogP contribution is 2.26. The van der Waals surface area contributed by atoms with Crippen molar-refractivity contribution in [1.29, 1.82) is 0 Å². The van der Waals surface area contributed by atoms with E-state index >= 15 is 0 Å². The molecule has 6 aromatic heterocycles. The largest absolute Gasteiger partial charge is 0.334 e. The fourth-order valence-corrected chi connectivity index (χ4v) is 9.29. The van der Waals surface area contributed by atoms with Crippen molar-refractivity contribution in [2.24, 2.45) is 0 Å². The van der Waals surface area contributed by atoms with Crippen molar-refractivity contribution in [2.75, 3.05) is 10.6 Å². The van der Waals surface area contributed by atoms with Crippen LogP contribution in [0.15, 0.2) is 122 Å². The van der Waals surface area contributed by atoms with Gasteiger partial charge >= 0.3 is 11.9 Å². The molecule has 22 heteroatoms. The lowest BCUT2D eigenvalue weighted by atomic mass is 10.1. The van der Waals surface area contributed by atoms with Gasteiger partial charge in [0, 0.05) is 96.4 Å². The first-order valence-electron chi connectivity index (χ1n) is 26.5. The second-order valence-electron chi connectivity index (χ2n) is 19.8. The number of amides is 4. The minimum Gasteiger partial charge on any atom is -0.334 e. The third kappa shape index (κ3) is 13.4. The van der Waals surface area contributed by atoms with Crippen LogP contribution in [0, 0.1) is 27.7 Å². The van der Waals surface area contributed by atoms with Gasteiger partial charge in [0.05, 0.1) is 34.9 Å². The Hall–Kier alpha value is -9.60. The number of rotatable bonds is 20. The van der Waals surface area contributed by atoms with Crippen molar-refractivity contribution in [3.8, 4) is 22.5 Å². The van der Waals surface area contributed by atoms with Gasteiger partial charge in [0.25, 0.3) is 23.6 Å². The lowest BCUT2D eigenvalue weighted by Crippen LogP contribution is -2.26. The summed E-state index contributed by atoms with van der Waals surface area (Å²) in [6.07, 6.45) is 14.3. The van der Waals surface area contributed by atoms with Gasteiger partial charge in [-0.15, -0.1) is 20.3 Å². The number of aryl methyl sites for hydroxylation is 6. The van der Waals surface area contributed by atoms with E-state index in [-0.39, 0.29) is 36.5 Å². The summed E-state index contributed by atoms with van der Waals surface area (Å²) in [6, 6.07) is 22.4. The van der Waals surface area contributed by atoms with E-state index in [1.54, 1.807) is 21.5 Å². The van der Waals surface area contributed by atoms with E-state index in [4.69, 9.17) is 9.68 Å². The molecule has 2 aliphatic rings. The zero-order valence-corrected chi connectivity index (χ0v) is 45.2. The van der Waals surface area contributed by atoms with Gasteiger partial charge in [0.2, 0.25) is 0 Å². The molecule has 0 aliphatic carbocycles. The van der Waals surface area contributed by atoms with E-state index in [1.807, 2.05) is 122 Å². The first-order chi connectivity index (χ1) is 38.6. The molecule has 0 bridgehead atoms. The maximum Gasteiger partial charge on any atom is 0.333 e. The maximum atomic E-state index is 12.9. The van der Waals surface area contributed by atoms with Crippen molar-refractivity contribution in [1.82, 2.24) is 58.9 Å². The van der Waals surface area contributed by atoms with Gasteiger partial charge in [-0.3, -0.25) is 28.5 Å². The third-order valence-electron chi connectivity index (χ3n) is 13.5. The molecule has 10 rings (SSSR count). The molecule has 8 aromatic rings. The summed E-state index contributed by atoms with van der Waals surface area (Å²) in [5, 5.41) is 24.8. The molecule has 412 valence electrons. The van der Waals surface area contributed by atoms with Crippen molar-refractivity contribution >= 4 is 58.2 Å². The van der Waals surface area contributed by atoms with E-state index in [1.165, 1.54) is 0 Å². The average molecular weight is 1080 g/mol. The summed E-state index contributed by atoms with van der Waals surface area (Å²) in [7, 11) is 0. The average Bonchev–Trinajstić information content (AvgIpc) is 4.40. The summed E-state index contributed by atoms with van der Waals surface area (Å²) in [5.74, 6) is -1.76. The normalized spacial score (nSPS) is 13.3. The monoisotopic (exact) mass is 1080 g/mol. The number of anilines is 2. The molecule has 4 amide bonds. The van der Waals surface area contributed by atoms with Gasteiger partial charge in [-0.25, -0.2) is 19.6 Å². The smallest absolute Gasteiger partial charge is 0.333 e. The Morgan fingerprint density at radius 1 is 0.537 bits per heavy atom. The fourth-order valence-electron chi connectivity index (χ4n) is 9.29. The number of nitrogens with zero attached hydrogens (tertiary/aromatic N) is 12. The Morgan fingerprint density at radius 3 is 1.35 bits per heavy atom. The van der Waals surface area contributed by atoms with Crippen LogP contribution in [0.3, 0.4) is 0 Å². The summed E-state index contributed by atoms with van der Waals surface area (Å²) in [6.45, 7) is 16.6. The number of fused-ring (bicyclic) bond motifs is 2. The summed E-state index contributed by atoms with van der Waals surface area (Å²) in [5.41, 5.74) is 11.6. The molecule has 2 N–H and O–H groups in total. The van der Waals surface area contributed by atoms with Crippen LogP contribution in [0.25, 0.3) is 33.8 Å². The zero-order chi connectivity index (χ0) is 56.5. The minimum atomic E-state index is -0.454. The predicted octanol–water partition coefficient (Wildman–Crippen LogP) is 9.23.